The Balaban J connectivity index is 1.60. The molecule has 0 amide bonds. The minimum absolute atomic E-state index is 0.534. The van der Waals surface area contributed by atoms with Crippen molar-refractivity contribution >= 4 is 17.4 Å². The van der Waals surface area contributed by atoms with Gasteiger partial charge in [0.2, 0.25) is 0 Å². The Kier molecular flexibility index (Phi) is 3.30. The molecule has 21 heavy (non-hydrogen) atoms. The quantitative estimate of drug-likeness (QED) is 0.793. The van der Waals surface area contributed by atoms with E-state index in [1.165, 1.54) is 24.0 Å². The Morgan fingerprint density at radius 3 is 2.29 bits per heavy atom. The van der Waals surface area contributed by atoms with Crippen LogP contribution in [0.1, 0.15) is 35.7 Å². The van der Waals surface area contributed by atoms with Crippen molar-refractivity contribution in [1.82, 2.24) is 9.97 Å². The van der Waals surface area contributed by atoms with Crippen molar-refractivity contribution in [2.45, 2.75) is 31.6 Å². The Labute approximate surface area is 130 Å². The van der Waals surface area contributed by atoms with Crippen LogP contribution in [0.4, 0.5) is 5.82 Å². The van der Waals surface area contributed by atoms with Crippen LogP contribution in [0, 0.1) is 0 Å². The van der Waals surface area contributed by atoms with Crippen LogP contribution >= 0.6 is 11.6 Å². The van der Waals surface area contributed by atoms with E-state index < -0.39 is 0 Å². The van der Waals surface area contributed by atoms with E-state index in [0.717, 1.165) is 37.6 Å². The van der Waals surface area contributed by atoms with Gasteiger partial charge in [-0.05, 0) is 36.8 Å². The second-order valence-electron chi connectivity index (χ2n) is 5.94. The summed E-state index contributed by atoms with van der Waals surface area (Å²) in [4.78, 5) is 11.5. The van der Waals surface area contributed by atoms with Gasteiger partial charge in [-0.2, -0.15) is 0 Å². The minimum Gasteiger partial charge on any atom is -0.356 e. The van der Waals surface area contributed by atoms with E-state index in [9.17, 15) is 0 Å². The van der Waals surface area contributed by atoms with Crippen LogP contribution in [0.5, 0.6) is 0 Å². The zero-order valence-electron chi connectivity index (χ0n) is 11.9. The third-order valence-corrected chi connectivity index (χ3v) is 4.58. The first-order valence-corrected chi connectivity index (χ1v) is 8.03. The van der Waals surface area contributed by atoms with Crippen LogP contribution in [0.15, 0.2) is 30.3 Å². The Hall–Kier alpha value is -1.61. The molecule has 108 valence electrons. The number of aromatic nitrogens is 2. The lowest BCUT2D eigenvalue weighted by Gasteiger charge is -2.22. The molecule has 2 heterocycles. The summed E-state index contributed by atoms with van der Waals surface area (Å²) >= 11 is 6.19. The summed E-state index contributed by atoms with van der Waals surface area (Å²) in [6.07, 6.45) is 4.53. The Morgan fingerprint density at radius 2 is 1.67 bits per heavy atom. The highest BCUT2D eigenvalue weighted by Crippen LogP contribution is 2.39. The minimum atomic E-state index is 0.534. The average molecular weight is 300 g/mol. The maximum absolute atomic E-state index is 6.19. The van der Waals surface area contributed by atoms with Crippen LogP contribution in [0.2, 0.25) is 5.15 Å². The van der Waals surface area contributed by atoms with E-state index >= 15 is 0 Å². The number of hydrogen-bond acceptors (Lipinski definition) is 3. The molecule has 0 spiro atoms. The summed E-state index contributed by atoms with van der Waals surface area (Å²) in [5.74, 6) is 2.45. The molecule has 1 aromatic heterocycles. The predicted molar refractivity (Wildman–Crippen MR) is 85.1 cm³/mol. The van der Waals surface area contributed by atoms with Gasteiger partial charge in [-0.15, -0.1) is 0 Å². The Morgan fingerprint density at radius 1 is 1.00 bits per heavy atom. The van der Waals surface area contributed by atoms with Gasteiger partial charge in [0.25, 0.3) is 0 Å². The van der Waals surface area contributed by atoms with E-state index in [2.05, 4.69) is 34.1 Å². The highest BCUT2D eigenvalue weighted by atomic mass is 35.5. The summed E-state index contributed by atoms with van der Waals surface area (Å²) < 4.78 is 0. The normalized spacial score (nSPS) is 18.2. The lowest BCUT2D eigenvalue weighted by molar-refractivity contribution is 0.777. The largest absolute Gasteiger partial charge is 0.356 e. The molecule has 1 aromatic carbocycles. The average Bonchev–Trinajstić information content (AvgIpc) is 3.33. The van der Waals surface area contributed by atoms with Crippen LogP contribution in [0.25, 0.3) is 0 Å². The van der Waals surface area contributed by atoms with Crippen LogP contribution in [-0.4, -0.2) is 23.1 Å². The number of nitrogens with zero attached hydrogens (tertiary/aromatic N) is 3. The lowest BCUT2D eigenvalue weighted by atomic mass is 10.0. The van der Waals surface area contributed by atoms with Crippen molar-refractivity contribution < 1.29 is 0 Å². The maximum Gasteiger partial charge on any atom is 0.135 e. The van der Waals surface area contributed by atoms with Crippen molar-refractivity contribution in [1.29, 1.82) is 0 Å². The molecule has 0 saturated heterocycles. The standard InChI is InChI=1S/C17H18ClN3/c18-15-11-16(20-17(19-15)14-5-6-14)21-9-7-12-3-1-2-4-13(12)8-10-21/h1-4,11,14H,5-10H2. The van der Waals surface area contributed by atoms with E-state index in [1.54, 1.807) is 0 Å². The number of hydrogen-bond donors (Lipinski definition) is 0. The number of fused-ring (bicyclic) bond motifs is 1. The van der Waals surface area contributed by atoms with Crippen LogP contribution < -0.4 is 4.90 Å². The summed E-state index contributed by atoms with van der Waals surface area (Å²) in [7, 11) is 0. The van der Waals surface area contributed by atoms with E-state index in [4.69, 9.17) is 16.6 Å². The molecule has 1 saturated carbocycles. The van der Waals surface area contributed by atoms with Crippen LogP contribution in [0.3, 0.4) is 0 Å². The second kappa shape index (κ2) is 5.30. The molecule has 0 radical (unpaired) electrons. The van der Waals surface area contributed by atoms with E-state index in [-0.39, 0.29) is 0 Å². The Bertz CT molecular complexity index is 640. The first-order valence-electron chi connectivity index (χ1n) is 7.66. The summed E-state index contributed by atoms with van der Waals surface area (Å²) in [6.45, 7) is 1.99. The smallest absolute Gasteiger partial charge is 0.135 e. The van der Waals surface area contributed by atoms with Gasteiger partial charge in [0.1, 0.15) is 16.8 Å². The van der Waals surface area contributed by atoms with Crippen molar-refractivity contribution in [3.63, 3.8) is 0 Å². The third-order valence-electron chi connectivity index (χ3n) is 4.39. The van der Waals surface area contributed by atoms with Gasteiger partial charge in [0.15, 0.2) is 0 Å². The van der Waals surface area contributed by atoms with Crippen molar-refractivity contribution in [3.8, 4) is 0 Å². The van der Waals surface area contributed by atoms with Crippen molar-refractivity contribution in [3.05, 3.63) is 52.4 Å². The fourth-order valence-electron chi connectivity index (χ4n) is 3.01. The molecule has 4 rings (SSSR count). The topological polar surface area (TPSA) is 29.0 Å². The fraction of sp³-hybridized carbons (Fsp3) is 0.412. The van der Waals surface area contributed by atoms with Gasteiger partial charge in [-0.3, -0.25) is 0 Å². The third kappa shape index (κ3) is 2.75. The molecule has 4 heteroatoms. The molecule has 1 aliphatic carbocycles. The van der Waals surface area contributed by atoms with Crippen LogP contribution in [-0.2, 0) is 12.8 Å². The molecule has 0 atom stereocenters. The second-order valence-corrected chi connectivity index (χ2v) is 6.32. The van der Waals surface area contributed by atoms with Gasteiger partial charge in [-0.1, -0.05) is 35.9 Å². The van der Waals surface area contributed by atoms with Gasteiger partial charge < -0.3 is 4.90 Å². The highest BCUT2D eigenvalue weighted by molar-refractivity contribution is 6.29. The van der Waals surface area contributed by atoms with Crippen molar-refractivity contribution in [2.75, 3.05) is 18.0 Å². The summed E-state index contributed by atoms with van der Waals surface area (Å²) in [5.41, 5.74) is 2.92. The summed E-state index contributed by atoms with van der Waals surface area (Å²) in [5, 5.41) is 0.573. The summed E-state index contributed by atoms with van der Waals surface area (Å²) in [6, 6.07) is 10.6. The first-order chi connectivity index (χ1) is 10.3. The van der Waals surface area contributed by atoms with E-state index in [1.807, 2.05) is 6.07 Å². The van der Waals surface area contributed by atoms with Gasteiger partial charge in [0, 0.05) is 25.1 Å². The van der Waals surface area contributed by atoms with E-state index in [0.29, 0.717) is 11.1 Å². The molecule has 2 aromatic rings. The van der Waals surface area contributed by atoms with Gasteiger partial charge in [0.05, 0.1) is 0 Å². The maximum atomic E-state index is 6.19. The fourth-order valence-corrected chi connectivity index (χ4v) is 3.19. The van der Waals surface area contributed by atoms with Gasteiger partial charge >= 0.3 is 0 Å². The molecular weight excluding hydrogens is 282 g/mol. The molecule has 0 unspecified atom stereocenters. The molecule has 1 aliphatic heterocycles. The molecule has 0 N–H and O–H groups in total. The molecule has 2 aliphatic rings. The lowest BCUT2D eigenvalue weighted by Crippen LogP contribution is -2.27. The number of benzene rings is 1. The number of anilines is 1. The zero-order valence-corrected chi connectivity index (χ0v) is 12.7. The molecule has 3 nitrogen and oxygen atoms in total. The van der Waals surface area contributed by atoms with Gasteiger partial charge in [-0.25, -0.2) is 9.97 Å². The first kappa shape index (κ1) is 13.1. The molecular formula is C17H18ClN3. The number of rotatable bonds is 2. The zero-order chi connectivity index (χ0) is 14.2. The van der Waals surface area contributed by atoms with Crippen molar-refractivity contribution in [2.24, 2.45) is 0 Å². The predicted octanol–water partition coefficient (Wildman–Crippen LogP) is 3.61. The monoisotopic (exact) mass is 299 g/mol. The number of halogens is 1. The SMILES string of the molecule is Clc1cc(N2CCc3ccccc3CC2)nc(C2CC2)n1. The molecule has 0 bridgehead atoms. The highest BCUT2D eigenvalue weighted by Gasteiger charge is 2.28. The molecule has 1 fully saturated rings.